The summed E-state index contributed by atoms with van der Waals surface area (Å²) >= 11 is 0. The Labute approximate surface area is 362 Å². The van der Waals surface area contributed by atoms with Gasteiger partial charge < -0.3 is 40.3 Å². The van der Waals surface area contributed by atoms with Crippen LogP contribution in [0.2, 0.25) is 0 Å². The summed E-state index contributed by atoms with van der Waals surface area (Å²) in [6, 6.07) is -0.814. The maximum absolute atomic E-state index is 12.7. The van der Waals surface area contributed by atoms with Gasteiger partial charge >= 0.3 is 0 Å². The first-order chi connectivity index (χ1) is 28.8. The fourth-order valence-electron chi connectivity index (χ4n) is 8.00. The molecule has 1 fully saturated rings. The molecule has 1 rings (SSSR count). The van der Waals surface area contributed by atoms with E-state index >= 15 is 0 Å². The lowest BCUT2D eigenvalue weighted by atomic mass is 9.99. The van der Waals surface area contributed by atoms with Crippen LogP contribution in [0.25, 0.3) is 0 Å². The average Bonchev–Trinajstić information content (AvgIpc) is 3.23. The summed E-state index contributed by atoms with van der Waals surface area (Å²) in [6.07, 6.45) is 43.2. The minimum atomic E-state index is -1.57. The molecule has 0 bridgehead atoms. The largest absolute Gasteiger partial charge is 0.394 e. The highest BCUT2D eigenvalue weighted by atomic mass is 16.7. The summed E-state index contributed by atoms with van der Waals surface area (Å²) in [4.78, 5) is 12.7. The Morgan fingerprint density at radius 1 is 0.559 bits per heavy atom. The zero-order valence-corrected chi connectivity index (χ0v) is 38.3. The first-order valence-electron chi connectivity index (χ1n) is 25.1. The number of carbonyl (C=O) groups excluding carboxylic acids is 1. The molecule has 1 aliphatic heterocycles. The van der Waals surface area contributed by atoms with E-state index in [4.69, 9.17) is 9.47 Å². The Balaban J connectivity index is 2.09. The molecule has 1 heterocycles. The number of hydrogen-bond acceptors (Lipinski definition) is 8. The Bertz CT molecular complexity index is 977. The maximum atomic E-state index is 12.7. The van der Waals surface area contributed by atoms with E-state index in [1.807, 2.05) is 6.08 Å². The summed E-state index contributed by atoms with van der Waals surface area (Å²) in [7, 11) is 0. The van der Waals surface area contributed by atoms with Gasteiger partial charge in [-0.3, -0.25) is 4.79 Å². The van der Waals surface area contributed by atoms with E-state index in [0.717, 1.165) is 51.4 Å². The Kier molecular flexibility index (Phi) is 38.4. The molecule has 0 radical (unpaired) electrons. The van der Waals surface area contributed by atoms with E-state index < -0.39 is 49.5 Å². The molecule has 1 amide bonds. The second-order valence-corrected chi connectivity index (χ2v) is 17.6. The number of aliphatic hydroxyl groups is 5. The van der Waals surface area contributed by atoms with Crippen molar-refractivity contribution >= 4 is 5.91 Å². The first-order valence-corrected chi connectivity index (χ1v) is 25.1. The van der Waals surface area contributed by atoms with Crippen molar-refractivity contribution in [3.05, 3.63) is 24.3 Å². The molecule has 59 heavy (non-hydrogen) atoms. The highest BCUT2D eigenvalue weighted by Gasteiger charge is 2.44. The number of unbranched alkanes of at least 4 members (excludes halogenated alkanes) is 30. The minimum absolute atomic E-state index is 0.199. The van der Waals surface area contributed by atoms with Gasteiger partial charge in [-0.15, -0.1) is 0 Å². The third kappa shape index (κ3) is 31.2. The zero-order valence-electron chi connectivity index (χ0n) is 38.3. The lowest BCUT2D eigenvalue weighted by Gasteiger charge is -2.40. The fraction of sp³-hybridized carbons (Fsp3) is 0.900. The van der Waals surface area contributed by atoms with Crippen LogP contribution in [0.15, 0.2) is 24.3 Å². The lowest BCUT2D eigenvalue weighted by Crippen LogP contribution is -2.60. The van der Waals surface area contributed by atoms with Crippen molar-refractivity contribution in [2.75, 3.05) is 13.2 Å². The second kappa shape index (κ2) is 40.7. The molecule has 6 N–H and O–H groups in total. The smallest absolute Gasteiger partial charge is 0.220 e. The first kappa shape index (κ1) is 55.7. The predicted molar refractivity (Wildman–Crippen MR) is 244 cm³/mol. The van der Waals surface area contributed by atoms with Gasteiger partial charge in [0.25, 0.3) is 0 Å². The monoisotopic (exact) mass is 838 g/mol. The van der Waals surface area contributed by atoms with Crippen LogP contribution in [0.3, 0.4) is 0 Å². The van der Waals surface area contributed by atoms with Crippen LogP contribution >= 0.6 is 0 Å². The summed E-state index contributed by atoms with van der Waals surface area (Å²) in [6.45, 7) is 3.67. The van der Waals surface area contributed by atoms with Crippen molar-refractivity contribution in [1.29, 1.82) is 0 Å². The van der Waals surface area contributed by atoms with Crippen LogP contribution in [-0.4, -0.2) is 87.5 Å². The summed E-state index contributed by atoms with van der Waals surface area (Å²) in [5.74, 6) is -0.199. The van der Waals surface area contributed by atoms with E-state index in [2.05, 4.69) is 31.3 Å². The number of ether oxygens (including phenoxy) is 2. The van der Waals surface area contributed by atoms with Gasteiger partial charge in [-0.2, -0.15) is 0 Å². The van der Waals surface area contributed by atoms with Crippen LogP contribution in [0, 0.1) is 0 Å². The molecule has 9 heteroatoms. The van der Waals surface area contributed by atoms with Crippen molar-refractivity contribution in [3.8, 4) is 0 Å². The molecule has 1 saturated heterocycles. The Morgan fingerprint density at radius 2 is 0.966 bits per heavy atom. The van der Waals surface area contributed by atoms with E-state index in [0.29, 0.717) is 6.42 Å². The number of rotatable bonds is 42. The second-order valence-electron chi connectivity index (χ2n) is 17.6. The van der Waals surface area contributed by atoms with Gasteiger partial charge in [0.2, 0.25) is 5.91 Å². The van der Waals surface area contributed by atoms with Crippen molar-refractivity contribution in [1.82, 2.24) is 5.32 Å². The van der Waals surface area contributed by atoms with Gasteiger partial charge in [0.05, 0.1) is 25.4 Å². The molecule has 0 aromatic rings. The van der Waals surface area contributed by atoms with Gasteiger partial charge in [-0.1, -0.05) is 218 Å². The molecule has 0 spiro atoms. The van der Waals surface area contributed by atoms with E-state index in [9.17, 15) is 30.3 Å². The van der Waals surface area contributed by atoms with Crippen LogP contribution in [0.1, 0.15) is 232 Å². The Morgan fingerprint density at radius 3 is 1.42 bits per heavy atom. The van der Waals surface area contributed by atoms with E-state index in [1.54, 1.807) is 6.08 Å². The predicted octanol–water partition coefficient (Wildman–Crippen LogP) is 11.1. The maximum Gasteiger partial charge on any atom is 0.220 e. The third-order valence-electron chi connectivity index (χ3n) is 12.0. The highest BCUT2D eigenvalue weighted by Crippen LogP contribution is 2.23. The van der Waals surface area contributed by atoms with Crippen LogP contribution < -0.4 is 5.32 Å². The fourth-order valence-corrected chi connectivity index (χ4v) is 8.00. The SMILES string of the molecule is CCCCCCCCCCCCCCCCCCCCCCCCCCC/C=C/CC/C=C/C(O)C(COC1OC(CO)C(O)C(O)C1O)NC(=O)CCCCCCC. The summed E-state index contributed by atoms with van der Waals surface area (Å²) in [5.41, 5.74) is 0. The standard InChI is InChI=1S/C50H95NO8/c1-3-5-7-9-10-11-12-13-14-15-16-17-18-19-20-21-22-23-24-25-26-27-28-29-30-31-32-33-34-36-37-39-44(53)43(51-46(54)40-38-35-8-6-4-2)42-58-50-49(57)48(56)47(55)45(41-52)59-50/h32-33,37,39,43-45,47-50,52-53,55-57H,3-31,34-36,38,40-42H2,1-2H3,(H,51,54)/b33-32+,39-37+. The normalized spacial score (nSPS) is 20.8. The van der Waals surface area contributed by atoms with Gasteiger partial charge in [-0.25, -0.2) is 0 Å². The van der Waals surface area contributed by atoms with Crippen molar-refractivity contribution in [2.24, 2.45) is 0 Å². The summed E-state index contributed by atoms with van der Waals surface area (Å²) < 4.78 is 11.1. The van der Waals surface area contributed by atoms with Crippen LogP contribution in [-0.2, 0) is 14.3 Å². The highest BCUT2D eigenvalue weighted by molar-refractivity contribution is 5.76. The number of allylic oxidation sites excluding steroid dienone is 3. The van der Waals surface area contributed by atoms with Gasteiger partial charge in [0, 0.05) is 6.42 Å². The van der Waals surface area contributed by atoms with Crippen molar-refractivity contribution < 1.29 is 39.8 Å². The molecule has 7 atom stereocenters. The van der Waals surface area contributed by atoms with Gasteiger partial charge in [0.1, 0.15) is 24.4 Å². The van der Waals surface area contributed by atoms with Crippen molar-refractivity contribution in [3.63, 3.8) is 0 Å². The molecule has 0 aromatic carbocycles. The molecule has 0 aliphatic carbocycles. The molecular weight excluding hydrogens is 743 g/mol. The molecular formula is C50H95NO8. The van der Waals surface area contributed by atoms with Crippen LogP contribution in [0.5, 0.6) is 0 Å². The van der Waals surface area contributed by atoms with E-state index in [1.165, 1.54) is 161 Å². The zero-order chi connectivity index (χ0) is 43.0. The van der Waals surface area contributed by atoms with Gasteiger partial charge in [-0.05, 0) is 32.1 Å². The minimum Gasteiger partial charge on any atom is -0.394 e. The summed E-state index contributed by atoms with van der Waals surface area (Å²) in [5, 5.41) is 53.8. The molecule has 7 unspecified atom stereocenters. The molecule has 0 aromatic heterocycles. The van der Waals surface area contributed by atoms with Crippen LogP contribution in [0.4, 0.5) is 0 Å². The number of carbonyl (C=O) groups is 1. The third-order valence-corrected chi connectivity index (χ3v) is 12.0. The number of aliphatic hydroxyl groups excluding tert-OH is 5. The quantitative estimate of drug-likeness (QED) is 0.0263. The number of hydrogen-bond donors (Lipinski definition) is 6. The van der Waals surface area contributed by atoms with Gasteiger partial charge in [0.15, 0.2) is 6.29 Å². The Hall–Kier alpha value is -1.33. The molecule has 348 valence electrons. The molecule has 0 saturated carbocycles. The average molecular weight is 838 g/mol. The lowest BCUT2D eigenvalue weighted by molar-refractivity contribution is -0.302. The van der Waals surface area contributed by atoms with E-state index in [-0.39, 0.29) is 12.5 Å². The molecule has 1 aliphatic rings. The number of nitrogens with one attached hydrogen (secondary N) is 1. The number of amides is 1. The van der Waals surface area contributed by atoms with Crippen molar-refractivity contribution in [2.45, 2.75) is 275 Å². The topological polar surface area (TPSA) is 149 Å². The molecule has 9 nitrogen and oxygen atoms in total.